The Bertz CT molecular complexity index is 1210. The summed E-state index contributed by atoms with van der Waals surface area (Å²) in [4.78, 5) is 17.9. The van der Waals surface area contributed by atoms with Gasteiger partial charge in [0.25, 0.3) is 5.91 Å². The van der Waals surface area contributed by atoms with Gasteiger partial charge in [-0.15, -0.1) is 0 Å². The van der Waals surface area contributed by atoms with Gasteiger partial charge in [0, 0.05) is 31.0 Å². The van der Waals surface area contributed by atoms with Crippen molar-refractivity contribution in [1.29, 1.82) is 0 Å². The zero-order valence-corrected chi connectivity index (χ0v) is 17.5. The van der Waals surface area contributed by atoms with Crippen molar-refractivity contribution in [2.75, 3.05) is 13.7 Å². The van der Waals surface area contributed by atoms with Gasteiger partial charge in [0.15, 0.2) is 5.65 Å². The van der Waals surface area contributed by atoms with E-state index in [-0.39, 0.29) is 5.91 Å². The lowest BCUT2D eigenvalue weighted by atomic mass is 10.0. The molecule has 0 saturated heterocycles. The molecule has 3 aromatic heterocycles. The predicted octanol–water partition coefficient (Wildman–Crippen LogP) is 2.89. The molecule has 4 aromatic rings. The van der Waals surface area contributed by atoms with Crippen molar-refractivity contribution >= 4 is 16.9 Å². The van der Waals surface area contributed by atoms with Gasteiger partial charge in [-0.3, -0.25) is 14.2 Å². The van der Waals surface area contributed by atoms with Gasteiger partial charge in [0.2, 0.25) is 0 Å². The molecule has 0 unspecified atom stereocenters. The average Bonchev–Trinajstić information content (AvgIpc) is 3.29. The number of methoxy groups -OCH3 is 1. The van der Waals surface area contributed by atoms with Crippen LogP contribution in [0, 0.1) is 13.8 Å². The molecule has 0 bridgehead atoms. The third-order valence-electron chi connectivity index (χ3n) is 5.14. The molecule has 1 aromatic carbocycles. The minimum atomic E-state index is -0.155. The highest BCUT2D eigenvalue weighted by molar-refractivity contribution is 6.07. The third kappa shape index (κ3) is 3.63. The van der Waals surface area contributed by atoms with Crippen molar-refractivity contribution in [3.05, 3.63) is 59.5 Å². The quantitative estimate of drug-likeness (QED) is 0.534. The second-order valence-corrected chi connectivity index (χ2v) is 7.14. The topological polar surface area (TPSA) is 86.9 Å². The molecule has 0 spiro atoms. The van der Waals surface area contributed by atoms with Gasteiger partial charge in [-0.25, -0.2) is 4.98 Å². The molecule has 0 saturated carbocycles. The Kier molecular flexibility index (Phi) is 5.22. The van der Waals surface area contributed by atoms with Gasteiger partial charge < -0.3 is 10.1 Å². The second-order valence-electron chi connectivity index (χ2n) is 7.14. The zero-order chi connectivity index (χ0) is 21.3. The van der Waals surface area contributed by atoms with E-state index in [1.807, 2.05) is 62.0 Å². The van der Waals surface area contributed by atoms with E-state index in [4.69, 9.17) is 9.72 Å². The Hall–Kier alpha value is -3.68. The van der Waals surface area contributed by atoms with Crippen LogP contribution in [0.1, 0.15) is 21.7 Å². The molecule has 0 radical (unpaired) electrons. The lowest BCUT2D eigenvalue weighted by Crippen LogP contribution is -2.28. The van der Waals surface area contributed by atoms with Crippen molar-refractivity contribution in [1.82, 2.24) is 29.9 Å². The van der Waals surface area contributed by atoms with E-state index in [1.165, 1.54) is 0 Å². The van der Waals surface area contributed by atoms with E-state index in [9.17, 15) is 4.79 Å². The minimum absolute atomic E-state index is 0.155. The van der Waals surface area contributed by atoms with Crippen molar-refractivity contribution in [3.63, 3.8) is 0 Å². The van der Waals surface area contributed by atoms with Crippen LogP contribution in [0.25, 0.3) is 22.3 Å². The highest BCUT2D eigenvalue weighted by Crippen LogP contribution is 2.28. The Balaban J connectivity index is 1.68. The van der Waals surface area contributed by atoms with E-state index < -0.39 is 0 Å². The molecule has 8 nitrogen and oxygen atoms in total. The maximum absolute atomic E-state index is 13.1. The Labute approximate surface area is 174 Å². The third-order valence-corrected chi connectivity index (χ3v) is 5.14. The molecule has 0 fully saturated rings. The van der Waals surface area contributed by atoms with Gasteiger partial charge in [-0.05, 0) is 50.2 Å². The molecular formula is C22H24N6O2. The summed E-state index contributed by atoms with van der Waals surface area (Å²) < 4.78 is 8.81. The van der Waals surface area contributed by atoms with Gasteiger partial charge in [0.1, 0.15) is 5.75 Å². The van der Waals surface area contributed by atoms with Crippen LogP contribution in [-0.4, -0.2) is 44.1 Å². The molecule has 154 valence electrons. The fourth-order valence-electron chi connectivity index (χ4n) is 3.54. The molecule has 8 heteroatoms. The maximum Gasteiger partial charge on any atom is 0.252 e. The van der Waals surface area contributed by atoms with Crippen LogP contribution in [0.5, 0.6) is 5.75 Å². The van der Waals surface area contributed by atoms with Crippen LogP contribution >= 0.6 is 0 Å². The molecule has 30 heavy (non-hydrogen) atoms. The SMILES string of the molecule is COc1ccc(-c2cc(C(=O)NCCn3nccc3C)c3c(C)nn(C)c3n2)cc1. The fraction of sp³-hybridized carbons (Fsp3) is 0.273. The normalized spacial score (nSPS) is 11.1. The first-order valence-electron chi connectivity index (χ1n) is 9.73. The molecular weight excluding hydrogens is 380 g/mol. The number of pyridine rings is 1. The number of hydrogen-bond donors (Lipinski definition) is 1. The van der Waals surface area contributed by atoms with E-state index in [2.05, 4.69) is 15.5 Å². The summed E-state index contributed by atoms with van der Waals surface area (Å²) in [7, 11) is 3.47. The first-order valence-corrected chi connectivity index (χ1v) is 9.73. The number of benzene rings is 1. The molecule has 4 rings (SSSR count). The van der Waals surface area contributed by atoms with Crippen LogP contribution in [0.3, 0.4) is 0 Å². The number of ether oxygens (including phenoxy) is 1. The van der Waals surface area contributed by atoms with Crippen LogP contribution in [0.2, 0.25) is 0 Å². The summed E-state index contributed by atoms with van der Waals surface area (Å²) >= 11 is 0. The predicted molar refractivity (Wildman–Crippen MR) is 115 cm³/mol. The van der Waals surface area contributed by atoms with Crippen molar-refractivity contribution in [2.24, 2.45) is 7.05 Å². The average molecular weight is 404 g/mol. The van der Waals surface area contributed by atoms with E-state index in [1.54, 1.807) is 18.0 Å². The van der Waals surface area contributed by atoms with Gasteiger partial charge in [0.05, 0.1) is 36.0 Å². The van der Waals surface area contributed by atoms with Crippen LogP contribution < -0.4 is 10.1 Å². The van der Waals surface area contributed by atoms with Crippen molar-refractivity contribution in [2.45, 2.75) is 20.4 Å². The van der Waals surface area contributed by atoms with Gasteiger partial charge in [-0.2, -0.15) is 10.2 Å². The minimum Gasteiger partial charge on any atom is -0.497 e. The highest BCUT2D eigenvalue weighted by Gasteiger charge is 2.19. The molecule has 0 aliphatic rings. The number of fused-ring (bicyclic) bond motifs is 1. The first-order chi connectivity index (χ1) is 14.5. The smallest absolute Gasteiger partial charge is 0.252 e. The first kappa shape index (κ1) is 19.6. The number of carbonyl (C=O) groups is 1. The van der Waals surface area contributed by atoms with Crippen molar-refractivity contribution < 1.29 is 9.53 Å². The number of rotatable bonds is 6. The lowest BCUT2D eigenvalue weighted by molar-refractivity contribution is 0.0953. The Morgan fingerprint density at radius 3 is 2.60 bits per heavy atom. The van der Waals surface area contributed by atoms with Gasteiger partial charge in [-0.1, -0.05) is 0 Å². The Morgan fingerprint density at radius 1 is 1.17 bits per heavy atom. The summed E-state index contributed by atoms with van der Waals surface area (Å²) in [6, 6.07) is 11.4. The number of aryl methyl sites for hydroxylation is 3. The van der Waals surface area contributed by atoms with E-state index in [0.29, 0.717) is 30.0 Å². The standard InChI is InChI=1S/C22H24N6O2/c1-14-9-10-24-28(14)12-11-23-22(29)18-13-19(16-5-7-17(30-4)8-6-16)25-21-20(18)15(2)26-27(21)3/h5-10,13H,11-12H2,1-4H3,(H,23,29). The molecule has 0 aliphatic carbocycles. The number of amides is 1. The fourth-order valence-corrected chi connectivity index (χ4v) is 3.54. The molecule has 0 aliphatic heterocycles. The van der Waals surface area contributed by atoms with Crippen LogP contribution in [0.15, 0.2) is 42.6 Å². The molecule has 1 N–H and O–H groups in total. The molecule has 0 atom stereocenters. The number of hydrogen-bond acceptors (Lipinski definition) is 5. The summed E-state index contributed by atoms with van der Waals surface area (Å²) in [5.74, 6) is 0.612. The van der Waals surface area contributed by atoms with Crippen LogP contribution in [0.4, 0.5) is 0 Å². The van der Waals surface area contributed by atoms with Gasteiger partial charge >= 0.3 is 0 Å². The highest BCUT2D eigenvalue weighted by atomic mass is 16.5. The largest absolute Gasteiger partial charge is 0.497 e. The van der Waals surface area contributed by atoms with Crippen molar-refractivity contribution in [3.8, 4) is 17.0 Å². The summed E-state index contributed by atoms with van der Waals surface area (Å²) in [5.41, 5.74) is 4.68. The number of aromatic nitrogens is 5. The summed E-state index contributed by atoms with van der Waals surface area (Å²) in [6.07, 6.45) is 1.75. The molecule has 1 amide bonds. The second kappa shape index (κ2) is 7.98. The lowest BCUT2D eigenvalue weighted by Gasteiger charge is -2.10. The number of nitrogens with zero attached hydrogens (tertiary/aromatic N) is 5. The summed E-state index contributed by atoms with van der Waals surface area (Å²) in [5, 5.41) is 12.5. The summed E-state index contributed by atoms with van der Waals surface area (Å²) in [6.45, 7) is 4.96. The maximum atomic E-state index is 13.1. The monoisotopic (exact) mass is 404 g/mol. The number of carbonyl (C=O) groups excluding carboxylic acids is 1. The number of nitrogens with one attached hydrogen (secondary N) is 1. The molecule has 3 heterocycles. The van der Waals surface area contributed by atoms with E-state index >= 15 is 0 Å². The Morgan fingerprint density at radius 2 is 1.93 bits per heavy atom. The zero-order valence-electron chi connectivity index (χ0n) is 17.5. The van der Waals surface area contributed by atoms with E-state index in [0.717, 1.165) is 28.1 Å². The van der Waals surface area contributed by atoms with Crippen LogP contribution in [-0.2, 0) is 13.6 Å².